The van der Waals surface area contributed by atoms with Gasteiger partial charge in [-0.25, -0.2) is 0 Å². The molecule has 1 amide bonds. The van der Waals surface area contributed by atoms with E-state index in [4.69, 9.17) is 0 Å². The maximum absolute atomic E-state index is 12.5. The first-order chi connectivity index (χ1) is 8.88. The van der Waals surface area contributed by atoms with E-state index in [9.17, 15) is 9.90 Å². The van der Waals surface area contributed by atoms with Gasteiger partial charge in [-0.1, -0.05) is 17.7 Å². The van der Waals surface area contributed by atoms with Crippen molar-refractivity contribution in [2.24, 2.45) is 5.92 Å². The molecule has 0 aromatic heterocycles. The van der Waals surface area contributed by atoms with Crippen molar-refractivity contribution in [3.8, 4) is 0 Å². The molecule has 104 valence electrons. The Morgan fingerprint density at radius 1 is 1.26 bits per heavy atom. The Bertz CT molecular complexity index is 467. The Labute approximate surface area is 115 Å². The summed E-state index contributed by atoms with van der Waals surface area (Å²) in [5.74, 6) is 0.548. The lowest BCUT2D eigenvalue weighted by Crippen LogP contribution is -2.39. The molecule has 19 heavy (non-hydrogen) atoms. The van der Waals surface area contributed by atoms with Gasteiger partial charge < -0.3 is 10.0 Å². The van der Waals surface area contributed by atoms with Gasteiger partial charge in [-0.05, 0) is 50.7 Å². The lowest BCUT2D eigenvalue weighted by molar-refractivity contribution is 0.0265. The molecule has 1 aliphatic carbocycles. The maximum atomic E-state index is 12.5. The van der Waals surface area contributed by atoms with Crippen molar-refractivity contribution < 1.29 is 9.90 Å². The molecule has 0 spiro atoms. The number of aliphatic hydroxyl groups excluding tert-OH is 1. The standard InChI is InChI=1S/C16H23NO2/c1-10-5-11(2)15(12(3)6-10)16(19)17(4)9-13-7-14(18)8-13/h5-6,13-14,18H,7-9H2,1-4H3. The van der Waals surface area contributed by atoms with E-state index in [1.54, 1.807) is 4.90 Å². The van der Waals surface area contributed by atoms with Crippen LogP contribution in [0.3, 0.4) is 0 Å². The van der Waals surface area contributed by atoms with Crippen LogP contribution >= 0.6 is 0 Å². The van der Waals surface area contributed by atoms with E-state index >= 15 is 0 Å². The molecular formula is C16H23NO2. The van der Waals surface area contributed by atoms with E-state index in [0.717, 1.165) is 36.1 Å². The van der Waals surface area contributed by atoms with Crippen LogP contribution in [0.4, 0.5) is 0 Å². The molecular weight excluding hydrogens is 238 g/mol. The summed E-state index contributed by atoms with van der Waals surface area (Å²) in [6, 6.07) is 4.11. The summed E-state index contributed by atoms with van der Waals surface area (Å²) < 4.78 is 0. The van der Waals surface area contributed by atoms with Gasteiger partial charge in [0.1, 0.15) is 0 Å². The Balaban J connectivity index is 2.10. The number of benzene rings is 1. The second-order valence-electron chi connectivity index (χ2n) is 5.95. The summed E-state index contributed by atoms with van der Waals surface area (Å²) in [7, 11) is 1.85. The molecule has 0 heterocycles. The van der Waals surface area contributed by atoms with Crippen LogP contribution in [0.25, 0.3) is 0 Å². The number of aryl methyl sites for hydroxylation is 3. The van der Waals surface area contributed by atoms with Gasteiger partial charge in [0, 0.05) is 19.2 Å². The SMILES string of the molecule is Cc1cc(C)c(C(=O)N(C)CC2CC(O)C2)c(C)c1. The van der Waals surface area contributed by atoms with Crippen LogP contribution in [0.5, 0.6) is 0 Å². The fourth-order valence-electron chi connectivity index (χ4n) is 3.03. The van der Waals surface area contributed by atoms with Gasteiger partial charge in [0.15, 0.2) is 0 Å². The van der Waals surface area contributed by atoms with Crippen LogP contribution in [0.15, 0.2) is 12.1 Å². The molecule has 1 aromatic rings. The molecule has 0 bridgehead atoms. The third-order valence-corrected chi connectivity index (χ3v) is 3.98. The monoisotopic (exact) mass is 261 g/mol. The van der Waals surface area contributed by atoms with Gasteiger partial charge >= 0.3 is 0 Å². The van der Waals surface area contributed by atoms with Gasteiger partial charge in [0.2, 0.25) is 0 Å². The first-order valence-corrected chi connectivity index (χ1v) is 6.90. The molecule has 1 aromatic carbocycles. The highest BCUT2D eigenvalue weighted by molar-refractivity contribution is 5.97. The summed E-state index contributed by atoms with van der Waals surface area (Å²) in [4.78, 5) is 14.3. The molecule has 0 saturated heterocycles. The van der Waals surface area contributed by atoms with E-state index in [2.05, 4.69) is 12.1 Å². The van der Waals surface area contributed by atoms with Crippen LogP contribution in [-0.2, 0) is 0 Å². The summed E-state index contributed by atoms with van der Waals surface area (Å²) in [6.45, 7) is 6.78. The molecule has 1 N–H and O–H groups in total. The molecule has 0 unspecified atom stereocenters. The molecule has 3 heteroatoms. The molecule has 1 aliphatic rings. The molecule has 0 atom stereocenters. The van der Waals surface area contributed by atoms with Crippen LogP contribution in [0.2, 0.25) is 0 Å². The maximum Gasteiger partial charge on any atom is 0.254 e. The van der Waals surface area contributed by atoms with Crippen molar-refractivity contribution in [1.29, 1.82) is 0 Å². The van der Waals surface area contributed by atoms with Crippen molar-refractivity contribution in [3.63, 3.8) is 0 Å². The van der Waals surface area contributed by atoms with Crippen LogP contribution in [0, 0.1) is 26.7 Å². The quantitative estimate of drug-likeness (QED) is 0.908. The van der Waals surface area contributed by atoms with E-state index < -0.39 is 0 Å². The van der Waals surface area contributed by atoms with Gasteiger partial charge in [-0.3, -0.25) is 4.79 Å². The van der Waals surface area contributed by atoms with E-state index in [-0.39, 0.29) is 12.0 Å². The number of carbonyl (C=O) groups is 1. The van der Waals surface area contributed by atoms with Crippen LogP contribution in [0.1, 0.15) is 39.9 Å². The lowest BCUT2D eigenvalue weighted by Gasteiger charge is -2.34. The minimum absolute atomic E-state index is 0.0939. The first kappa shape index (κ1) is 14.1. The normalized spacial score (nSPS) is 21.9. The largest absolute Gasteiger partial charge is 0.393 e. The molecule has 1 fully saturated rings. The van der Waals surface area contributed by atoms with Gasteiger partial charge in [-0.2, -0.15) is 0 Å². The summed E-state index contributed by atoms with van der Waals surface area (Å²) >= 11 is 0. The summed E-state index contributed by atoms with van der Waals surface area (Å²) in [5.41, 5.74) is 4.11. The van der Waals surface area contributed by atoms with Crippen molar-refractivity contribution in [2.75, 3.05) is 13.6 Å². The predicted octanol–water partition coefficient (Wildman–Crippen LogP) is 2.45. The van der Waals surface area contributed by atoms with E-state index in [0.29, 0.717) is 5.92 Å². The number of hydrogen-bond acceptors (Lipinski definition) is 2. The fraction of sp³-hybridized carbons (Fsp3) is 0.562. The van der Waals surface area contributed by atoms with E-state index in [1.165, 1.54) is 5.56 Å². The van der Waals surface area contributed by atoms with Gasteiger partial charge in [0.05, 0.1) is 6.10 Å². The smallest absolute Gasteiger partial charge is 0.254 e. The molecule has 0 aliphatic heterocycles. The Hall–Kier alpha value is -1.35. The topological polar surface area (TPSA) is 40.5 Å². The van der Waals surface area contributed by atoms with Gasteiger partial charge in [0.25, 0.3) is 5.91 Å². The van der Waals surface area contributed by atoms with E-state index in [1.807, 2.05) is 27.8 Å². The van der Waals surface area contributed by atoms with Gasteiger partial charge in [-0.15, -0.1) is 0 Å². The minimum atomic E-state index is -0.156. The molecule has 3 nitrogen and oxygen atoms in total. The molecule has 2 rings (SSSR count). The second kappa shape index (κ2) is 5.33. The predicted molar refractivity (Wildman–Crippen MR) is 76.3 cm³/mol. The number of nitrogens with zero attached hydrogens (tertiary/aromatic N) is 1. The number of rotatable bonds is 3. The van der Waals surface area contributed by atoms with Crippen LogP contribution < -0.4 is 0 Å². The summed E-state index contributed by atoms with van der Waals surface area (Å²) in [6.07, 6.45) is 1.49. The zero-order valence-corrected chi connectivity index (χ0v) is 12.2. The molecule has 0 radical (unpaired) electrons. The summed E-state index contributed by atoms with van der Waals surface area (Å²) in [5, 5.41) is 9.30. The number of hydrogen-bond donors (Lipinski definition) is 1. The third-order valence-electron chi connectivity index (χ3n) is 3.98. The third kappa shape index (κ3) is 2.98. The average molecular weight is 261 g/mol. The minimum Gasteiger partial charge on any atom is -0.393 e. The zero-order valence-electron chi connectivity index (χ0n) is 12.2. The highest BCUT2D eigenvalue weighted by Crippen LogP contribution is 2.28. The Morgan fingerprint density at radius 3 is 2.26 bits per heavy atom. The first-order valence-electron chi connectivity index (χ1n) is 6.90. The Morgan fingerprint density at radius 2 is 1.79 bits per heavy atom. The highest BCUT2D eigenvalue weighted by Gasteiger charge is 2.29. The van der Waals surface area contributed by atoms with Crippen molar-refractivity contribution in [3.05, 3.63) is 34.4 Å². The Kier molecular flexibility index (Phi) is 3.95. The van der Waals surface area contributed by atoms with Crippen molar-refractivity contribution >= 4 is 5.91 Å². The lowest BCUT2D eigenvalue weighted by atomic mass is 9.82. The van der Waals surface area contributed by atoms with Crippen molar-refractivity contribution in [2.45, 2.75) is 39.7 Å². The highest BCUT2D eigenvalue weighted by atomic mass is 16.3. The second-order valence-corrected chi connectivity index (χ2v) is 5.95. The molecule has 1 saturated carbocycles. The number of carbonyl (C=O) groups excluding carboxylic acids is 1. The van der Waals surface area contributed by atoms with Crippen LogP contribution in [-0.4, -0.2) is 35.6 Å². The average Bonchev–Trinajstić information content (AvgIpc) is 2.25. The fourth-order valence-corrected chi connectivity index (χ4v) is 3.03. The zero-order chi connectivity index (χ0) is 14.2. The van der Waals surface area contributed by atoms with Crippen molar-refractivity contribution in [1.82, 2.24) is 4.90 Å². The number of aliphatic hydroxyl groups is 1. The number of amides is 1.